The Morgan fingerprint density at radius 1 is 0.920 bits per heavy atom. The predicted octanol–water partition coefficient (Wildman–Crippen LogP) is 1.30. The molecule has 0 aliphatic rings. The Hall–Kier alpha value is -2.58. The van der Waals surface area contributed by atoms with Crippen molar-refractivity contribution in [2.75, 3.05) is 20.8 Å². The highest BCUT2D eigenvalue weighted by atomic mass is 32.2. The van der Waals surface area contributed by atoms with E-state index in [1.807, 2.05) is 12.1 Å². The van der Waals surface area contributed by atoms with Crippen molar-refractivity contribution in [3.8, 4) is 11.5 Å². The molecule has 2 aromatic rings. The Morgan fingerprint density at radius 2 is 1.44 bits per heavy atom. The fraction of sp³-hybridized carbons (Fsp3) is 0.235. The molecule has 0 heterocycles. The predicted molar refractivity (Wildman–Crippen MR) is 93.0 cm³/mol. The van der Waals surface area contributed by atoms with Crippen LogP contribution in [0.2, 0.25) is 0 Å². The molecule has 0 unspecified atom stereocenters. The lowest BCUT2D eigenvalue weighted by Gasteiger charge is -2.09. The first kappa shape index (κ1) is 18.8. The number of methoxy groups -OCH3 is 2. The average Bonchev–Trinajstić information content (AvgIpc) is 2.65. The first-order chi connectivity index (χ1) is 11.9. The van der Waals surface area contributed by atoms with E-state index in [4.69, 9.17) is 9.47 Å². The van der Waals surface area contributed by atoms with Crippen LogP contribution in [0, 0.1) is 0 Å². The molecule has 1 amide bonds. The summed E-state index contributed by atoms with van der Waals surface area (Å²) in [4.78, 5) is 11.9. The summed E-state index contributed by atoms with van der Waals surface area (Å²) >= 11 is 0. The molecule has 0 saturated heterocycles. The summed E-state index contributed by atoms with van der Waals surface area (Å²) in [6, 6.07) is 13.1. The summed E-state index contributed by atoms with van der Waals surface area (Å²) in [6.45, 7) is -0.0440. The van der Waals surface area contributed by atoms with Gasteiger partial charge in [-0.15, -0.1) is 0 Å². The number of hydrogen-bond donors (Lipinski definition) is 2. The number of carbonyl (C=O) groups is 1. The van der Waals surface area contributed by atoms with Gasteiger partial charge in [-0.3, -0.25) is 4.79 Å². The van der Waals surface area contributed by atoms with Gasteiger partial charge in [-0.25, -0.2) is 13.1 Å². The van der Waals surface area contributed by atoms with Crippen LogP contribution in [-0.4, -0.2) is 35.1 Å². The van der Waals surface area contributed by atoms with Gasteiger partial charge in [-0.05, 0) is 42.0 Å². The lowest BCUT2D eigenvalue weighted by atomic mass is 10.2. The lowest BCUT2D eigenvalue weighted by Crippen LogP contribution is -2.36. The van der Waals surface area contributed by atoms with Crippen molar-refractivity contribution in [1.82, 2.24) is 10.0 Å². The normalized spacial score (nSPS) is 11.0. The van der Waals surface area contributed by atoms with Gasteiger partial charge in [0.15, 0.2) is 0 Å². The van der Waals surface area contributed by atoms with Crippen LogP contribution in [0.1, 0.15) is 5.56 Å². The Morgan fingerprint density at radius 3 is 1.96 bits per heavy atom. The molecule has 0 aromatic heterocycles. The van der Waals surface area contributed by atoms with Crippen molar-refractivity contribution in [3.63, 3.8) is 0 Å². The summed E-state index contributed by atoms with van der Waals surface area (Å²) in [5.41, 5.74) is 0.882. The van der Waals surface area contributed by atoms with Gasteiger partial charge in [0.2, 0.25) is 15.9 Å². The number of ether oxygens (including phenoxy) is 2. The number of amides is 1. The highest BCUT2D eigenvalue weighted by Gasteiger charge is 2.15. The Kier molecular flexibility index (Phi) is 6.37. The second kappa shape index (κ2) is 8.50. The molecule has 0 bridgehead atoms. The molecule has 0 saturated carbocycles. The standard InChI is InChI=1S/C17H20N2O5S/c1-23-14-5-3-13(4-6-14)11-18-17(20)12-19-25(21,22)16-9-7-15(24-2)8-10-16/h3-10,19H,11-12H2,1-2H3,(H,18,20). The Bertz CT molecular complexity index is 802. The van der Waals surface area contributed by atoms with E-state index in [0.717, 1.165) is 11.3 Å². The monoisotopic (exact) mass is 364 g/mol. The molecule has 0 fully saturated rings. The summed E-state index contributed by atoms with van der Waals surface area (Å²) in [5.74, 6) is 0.853. The van der Waals surface area contributed by atoms with Crippen LogP contribution in [0.3, 0.4) is 0 Å². The van der Waals surface area contributed by atoms with Crippen molar-refractivity contribution in [1.29, 1.82) is 0 Å². The van der Waals surface area contributed by atoms with Gasteiger partial charge in [0.05, 0.1) is 25.7 Å². The molecular formula is C17H20N2O5S. The maximum Gasteiger partial charge on any atom is 0.241 e. The fourth-order valence-electron chi connectivity index (χ4n) is 2.01. The van der Waals surface area contributed by atoms with E-state index < -0.39 is 15.9 Å². The molecule has 134 valence electrons. The number of rotatable bonds is 8. The summed E-state index contributed by atoms with van der Waals surface area (Å²) < 4.78 is 36.6. The second-order valence-electron chi connectivity index (χ2n) is 5.12. The van der Waals surface area contributed by atoms with E-state index in [1.165, 1.54) is 31.4 Å². The van der Waals surface area contributed by atoms with Crippen molar-refractivity contribution in [2.45, 2.75) is 11.4 Å². The topological polar surface area (TPSA) is 93.7 Å². The first-order valence-electron chi connectivity index (χ1n) is 7.48. The van der Waals surface area contributed by atoms with Crippen LogP contribution >= 0.6 is 0 Å². The Balaban J connectivity index is 1.85. The number of carbonyl (C=O) groups excluding carboxylic acids is 1. The van der Waals surface area contributed by atoms with Gasteiger partial charge in [-0.1, -0.05) is 12.1 Å². The van der Waals surface area contributed by atoms with E-state index in [2.05, 4.69) is 10.0 Å². The average molecular weight is 364 g/mol. The fourth-order valence-corrected chi connectivity index (χ4v) is 2.99. The van der Waals surface area contributed by atoms with Gasteiger partial charge in [0, 0.05) is 6.54 Å². The van der Waals surface area contributed by atoms with Crippen LogP contribution in [0.25, 0.3) is 0 Å². The smallest absolute Gasteiger partial charge is 0.241 e. The number of sulfonamides is 1. The molecule has 2 N–H and O–H groups in total. The summed E-state index contributed by atoms with van der Waals surface area (Å²) in [7, 11) is -0.685. The van der Waals surface area contributed by atoms with E-state index in [-0.39, 0.29) is 11.4 Å². The molecular weight excluding hydrogens is 344 g/mol. The van der Waals surface area contributed by atoms with Crippen LogP contribution < -0.4 is 19.5 Å². The van der Waals surface area contributed by atoms with Gasteiger partial charge in [0.1, 0.15) is 11.5 Å². The zero-order valence-corrected chi connectivity index (χ0v) is 14.8. The van der Waals surface area contributed by atoms with Gasteiger partial charge in [0.25, 0.3) is 0 Å². The molecule has 25 heavy (non-hydrogen) atoms. The molecule has 0 radical (unpaired) electrons. The lowest BCUT2D eigenvalue weighted by molar-refractivity contribution is -0.120. The van der Waals surface area contributed by atoms with Crippen LogP contribution in [0.4, 0.5) is 0 Å². The van der Waals surface area contributed by atoms with Crippen molar-refractivity contribution >= 4 is 15.9 Å². The maximum atomic E-state index is 12.1. The minimum Gasteiger partial charge on any atom is -0.497 e. The van der Waals surface area contributed by atoms with Crippen LogP contribution in [0.15, 0.2) is 53.4 Å². The number of benzene rings is 2. The van der Waals surface area contributed by atoms with Crippen LogP contribution in [-0.2, 0) is 21.4 Å². The van der Waals surface area contributed by atoms with E-state index >= 15 is 0 Å². The van der Waals surface area contributed by atoms with Gasteiger partial charge in [-0.2, -0.15) is 0 Å². The minimum absolute atomic E-state index is 0.0660. The summed E-state index contributed by atoms with van der Waals surface area (Å²) in [6.07, 6.45) is 0. The largest absolute Gasteiger partial charge is 0.497 e. The third-order valence-corrected chi connectivity index (χ3v) is 4.86. The van der Waals surface area contributed by atoms with Crippen molar-refractivity contribution in [3.05, 3.63) is 54.1 Å². The van der Waals surface area contributed by atoms with Crippen molar-refractivity contribution < 1.29 is 22.7 Å². The van der Waals surface area contributed by atoms with E-state index in [1.54, 1.807) is 19.2 Å². The van der Waals surface area contributed by atoms with E-state index in [0.29, 0.717) is 12.3 Å². The van der Waals surface area contributed by atoms with Crippen LogP contribution in [0.5, 0.6) is 11.5 Å². The molecule has 7 nitrogen and oxygen atoms in total. The first-order valence-corrected chi connectivity index (χ1v) is 8.96. The zero-order valence-electron chi connectivity index (χ0n) is 14.0. The van der Waals surface area contributed by atoms with Crippen molar-refractivity contribution in [2.24, 2.45) is 0 Å². The third kappa shape index (κ3) is 5.47. The molecule has 2 aromatic carbocycles. The molecule has 0 aliphatic heterocycles. The number of hydrogen-bond acceptors (Lipinski definition) is 5. The molecule has 0 atom stereocenters. The maximum absolute atomic E-state index is 12.1. The summed E-state index contributed by atoms with van der Waals surface area (Å²) in [5, 5.41) is 2.65. The molecule has 8 heteroatoms. The number of nitrogens with one attached hydrogen (secondary N) is 2. The molecule has 0 spiro atoms. The zero-order chi connectivity index (χ0) is 18.3. The van der Waals surface area contributed by atoms with Gasteiger partial charge < -0.3 is 14.8 Å². The molecule has 2 rings (SSSR count). The molecule has 0 aliphatic carbocycles. The second-order valence-corrected chi connectivity index (χ2v) is 6.89. The minimum atomic E-state index is -3.76. The Labute approximate surface area is 147 Å². The SMILES string of the molecule is COc1ccc(CNC(=O)CNS(=O)(=O)c2ccc(OC)cc2)cc1. The highest BCUT2D eigenvalue weighted by Crippen LogP contribution is 2.15. The quantitative estimate of drug-likeness (QED) is 0.736. The highest BCUT2D eigenvalue weighted by molar-refractivity contribution is 7.89. The third-order valence-electron chi connectivity index (χ3n) is 3.44. The van der Waals surface area contributed by atoms with Gasteiger partial charge >= 0.3 is 0 Å². The van der Waals surface area contributed by atoms with E-state index in [9.17, 15) is 13.2 Å².